The van der Waals surface area contributed by atoms with Crippen molar-refractivity contribution in [2.24, 2.45) is 0 Å². The van der Waals surface area contributed by atoms with Gasteiger partial charge in [-0.25, -0.2) is 0 Å². The summed E-state index contributed by atoms with van der Waals surface area (Å²) in [4.78, 5) is 10.4. The van der Waals surface area contributed by atoms with Gasteiger partial charge < -0.3 is 10.5 Å². The lowest BCUT2D eigenvalue weighted by atomic mass is 10.2. The van der Waals surface area contributed by atoms with Gasteiger partial charge in [-0.05, 0) is 12.1 Å². The first kappa shape index (κ1) is 10.5. The number of carboxylic acids is 1. The van der Waals surface area contributed by atoms with E-state index in [9.17, 15) is 4.79 Å². The molecule has 0 atom stereocenters. The highest BCUT2D eigenvalue weighted by atomic mass is 16.4. The van der Waals surface area contributed by atoms with Crippen LogP contribution in [0.2, 0.25) is 0 Å². The summed E-state index contributed by atoms with van der Waals surface area (Å²) in [5, 5.41) is 10.4. The van der Waals surface area contributed by atoms with E-state index in [2.05, 4.69) is 11.0 Å². The van der Waals surface area contributed by atoms with Gasteiger partial charge in [0, 0.05) is 18.3 Å². The SMILES string of the molecule is O=C(O)CCC1=CN(c2ccccc2)NN1. The Morgan fingerprint density at radius 1 is 1.31 bits per heavy atom. The molecule has 2 rings (SSSR count). The van der Waals surface area contributed by atoms with Crippen LogP contribution in [0.15, 0.2) is 42.2 Å². The zero-order valence-corrected chi connectivity index (χ0v) is 8.68. The van der Waals surface area contributed by atoms with E-state index in [-0.39, 0.29) is 6.42 Å². The number of hydrogen-bond donors (Lipinski definition) is 3. The van der Waals surface area contributed by atoms with E-state index in [1.165, 1.54) is 0 Å². The van der Waals surface area contributed by atoms with Gasteiger partial charge in [0.25, 0.3) is 0 Å². The number of nitrogens with zero attached hydrogens (tertiary/aromatic N) is 1. The van der Waals surface area contributed by atoms with Crippen molar-refractivity contribution in [3.8, 4) is 0 Å². The Hall–Kier alpha value is -2.01. The number of allylic oxidation sites excluding steroid dienone is 1. The molecule has 0 aliphatic carbocycles. The zero-order chi connectivity index (χ0) is 11.4. The number of hydrazine groups is 2. The molecule has 1 aromatic rings. The second-order valence-corrected chi connectivity index (χ2v) is 3.49. The van der Waals surface area contributed by atoms with Crippen molar-refractivity contribution in [1.29, 1.82) is 0 Å². The molecule has 5 nitrogen and oxygen atoms in total. The largest absolute Gasteiger partial charge is 0.481 e. The van der Waals surface area contributed by atoms with Crippen LogP contribution in [0.1, 0.15) is 12.8 Å². The van der Waals surface area contributed by atoms with E-state index < -0.39 is 5.97 Å². The summed E-state index contributed by atoms with van der Waals surface area (Å²) in [5.74, 6) is -0.791. The molecule has 0 spiro atoms. The van der Waals surface area contributed by atoms with E-state index in [4.69, 9.17) is 5.11 Å². The fourth-order valence-corrected chi connectivity index (χ4v) is 1.45. The van der Waals surface area contributed by atoms with Crippen LogP contribution >= 0.6 is 0 Å². The molecule has 0 saturated carbocycles. The van der Waals surface area contributed by atoms with Gasteiger partial charge in [0.2, 0.25) is 0 Å². The fraction of sp³-hybridized carbons (Fsp3) is 0.182. The molecule has 1 aliphatic heterocycles. The minimum Gasteiger partial charge on any atom is -0.481 e. The number of benzene rings is 1. The van der Waals surface area contributed by atoms with E-state index in [1.807, 2.05) is 41.5 Å². The normalized spacial score (nSPS) is 14.5. The minimum absolute atomic E-state index is 0.128. The molecule has 0 fully saturated rings. The van der Waals surface area contributed by atoms with Crippen LogP contribution in [-0.4, -0.2) is 11.1 Å². The highest BCUT2D eigenvalue weighted by Gasteiger charge is 2.12. The lowest BCUT2D eigenvalue weighted by Crippen LogP contribution is -2.36. The molecule has 84 valence electrons. The molecular weight excluding hydrogens is 206 g/mol. The van der Waals surface area contributed by atoms with Crippen molar-refractivity contribution >= 4 is 11.7 Å². The molecule has 0 amide bonds. The molecule has 1 aliphatic rings. The Labute approximate surface area is 93.3 Å². The Bertz CT molecular complexity index is 403. The van der Waals surface area contributed by atoms with Crippen LogP contribution in [0.25, 0.3) is 0 Å². The van der Waals surface area contributed by atoms with E-state index in [0.717, 1.165) is 11.4 Å². The third-order valence-electron chi connectivity index (χ3n) is 2.26. The van der Waals surface area contributed by atoms with Gasteiger partial charge in [0.05, 0.1) is 12.1 Å². The van der Waals surface area contributed by atoms with Crippen molar-refractivity contribution in [1.82, 2.24) is 11.0 Å². The van der Waals surface area contributed by atoms with Crippen molar-refractivity contribution in [2.45, 2.75) is 12.8 Å². The van der Waals surface area contributed by atoms with Crippen LogP contribution in [0.3, 0.4) is 0 Å². The first-order valence-electron chi connectivity index (χ1n) is 5.04. The summed E-state index contributed by atoms with van der Waals surface area (Å²) >= 11 is 0. The maximum absolute atomic E-state index is 10.4. The monoisotopic (exact) mass is 219 g/mol. The standard InChI is InChI=1S/C11H13N3O2/c15-11(16)7-6-9-8-14(13-12-9)10-4-2-1-3-5-10/h1-5,8,12-13H,6-7H2,(H,15,16). The summed E-state index contributed by atoms with van der Waals surface area (Å²) < 4.78 is 0. The average molecular weight is 219 g/mol. The zero-order valence-electron chi connectivity index (χ0n) is 8.68. The molecule has 0 aromatic heterocycles. The van der Waals surface area contributed by atoms with Gasteiger partial charge in [0.15, 0.2) is 0 Å². The number of carbonyl (C=O) groups is 1. The maximum Gasteiger partial charge on any atom is 0.303 e. The second kappa shape index (κ2) is 4.67. The lowest BCUT2D eigenvalue weighted by molar-refractivity contribution is -0.136. The highest BCUT2D eigenvalue weighted by molar-refractivity contribution is 5.67. The number of rotatable bonds is 4. The number of aliphatic carboxylic acids is 1. The van der Waals surface area contributed by atoms with Crippen LogP contribution in [0.5, 0.6) is 0 Å². The van der Waals surface area contributed by atoms with E-state index >= 15 is 0 Å². The van der Waals surface area contributed by atoms with Gasteiger partial charge in [-0.15, -0.1) is 5.53 Å². The summed E-state index contributed by atoms with van der Waals surface area (Å²) in [6.45, 7) is 0. The molecule has 3 N–H and O–H groups in total. The Morgan fingerprint density at radius 2 is 2.06 bits per heavy atom. The van der Waals surface area contributed by atoms with Gasteiger partial charge in [-0.3, -0.25) is 9.80 Å². The van der Waals surface area contributed by atoms with Gasteiger partial charge >= 0.3 is 5.97 Å². The predicted octanol–water partition coefficient (Wildman–Crippen LogP) is 1.22. The molecular formula is C11H13N3O2. The van der Waals surface area contributed by atoms with E-state index in [1.54, 1.807) is 0 Å². The first-order valence-corrected chi connectivity index (χ1v) is 5.04. The van der Waals surface area contributed by atoms with Crippen LogP contribution < -0.4 is 16.0 Å². The smallest absolute Gasteiger partial charge is 0.303 e. The molecule has 0 bridgehead atoms. The maximum atomic E-state index is 10.4. The Kier molecular flexibility index (Phi) is 3.07. The van der Waals surface area contributed by atoms with Crippen LogP contribution in [0, 0.1) is 0 Å². The molecule has 0 unspecified atom stereocenters. The van der Waals surface area contributed by atoms with Crippen LogP contribution in [-0.2, 0) is 4.79 Å². The molecule has 1 aromatic carbocycles. The Balaban J connectivity index is 1.98. The summed E-state index contributed by atoms with van der Waals surface area (Å²) in [6.07, 6.45) is 2.48. The lowest BCUT2D eigenvalue weighted by Gasteiger charge is -2.14. The van der Waals surface area contributed by atoms with Crippen molar-refractivity contribution < 1.29 is 9.90 Å². The first-order chi connectivity index (χ1) is 7.75. The van der Waals surface area contributed by atoms with Gasteiger partial charge in [0.1, 0.15) is 0 Å². The number of nitrogens with one attached hydrogen (secondary N) is 2. The van der Waals surface area contributed by atoms with Gasteiger partial charge in [-0.2, -0.15) is 0 Å². The van der Waals surface area contributed by atoms with Gasteiger partial charge in [-0.1, -0.05) is 18.2 Å². The van der Waals surface area contributed by atoms with Crippen molar-refractivity contribution in [3.05, 3.63) is 42.2 Å². The second-order valence-electron chi connectivity index (χ2n) is 3.49. The average Bonchev–Trinajstić information content (AvgIpc) is 2.76. The van der Waals surface area contributed by atoms with E-state index in [0.29, 0.717) is 6.42 Å². The number of anilines is 1. The minimum atomic E-state index is -0.791. The number of carboxylic acid groups (broad SMARTS) is 1. The summed E-state index contributed by atoms with van der Waals surface area (Å²) in [5.41, 5.74) is 7.75. The molecule has 0 radical (unpaired) electrons. The molecule has 1 heterocycles. The molecule has 16 heavy (non-hydrogen) atoms. The fourth-order valence-electron chi connectivity index (χ4n) is 1.45. The third kappa shape index (κ3) is 2.52. The third-order valence-corrected chi connectivity index (χ3v) is 2.26. The van der Waals surface area contributed by atoms with Crippen molar-refractivity contribution in [2.75, 3.05) is 5.01 Å². The molecule has 5 heteroatoms. The van der Waals surface area contributed by atoms with Crippen LogP contribution in [0.4, 0.5) is 5.69 Å². The Morgan fingerprint density at radius 3 is 2.75 bits per heavy atom. The predicted molar refractivity (Wildman–Crippen MR) is 60.1 cm³/mol. The number of para-hydroxylation sites is 1. The summed E-state index contributed by atoms with van der Waals surface area (Å²) in [6, 6.07) is 9.76. The summed E-state index contributed by atoms with van der Waals surface area (Å²) in [7, 11) is 0. The number of hydrogen-bond acceptors (Lipinski definition) is 4. The quantitative estimate of drug-likeness (QED) is 0.710. The topological polar surface area (TPSA) is 64.6 Å². The van der Waals surface area contributed by atoms with Crippen molar-refractivity contribution in [3.63, 3.8) is 0 Å². The highest BCUT2D eigenvalue weighted by Crippen LogP contribution is 2.16. The molecule has 0 saturated heterocycles.